The van der Waals surface area contributed by atoms with E-state index in [1.54, 1.807) is 0 Å². The first-order valence-corrected chi connectivity index (χ1v) is 4.76. The smallest absolute Gasteiger partial charge is 0.267 e. The monoisotopic (exact) mass is 222 g/mol. The third kappa shape index (κ3) is 2.44. The van der Waals surface area contributed by atoms with Crippen LogP contribution in [0, 0.1) is 0 Å². The van der Waals surface area contributed by atoms with Crippen LogP contribution in [0.3, 0.4) is 0 Å². The van der Waals surface area contributed by atoms with E-state index in [4.69, 9.17) is 4.42 Å². The van der Waals surface area contributed by atoms with E-state index >= 15 is 0 Å². The molecule has 0 radical (unpaired) electrons. The van der Waals surface area contributed by atoms with Crippen LogP contribution in [0.4, 0.5) is 0 Å². The highest BCUT2D eigenvalue weighted by Gasteiger charge is 2.17. The maximum atomic E-state index is 11.5. The van der Waals surface area contributed by atoms with Gasteiger partial charge in [-0.3, -0.25) is 9.59 Å². The quantitative estimate of drug-likeness (QED) is 0.724. The number of aromatic nitrogens is 1. The van der Waals surface area contributed by atoms with Crippen molar-refractivity contribution in [2.24, 2.45) is 5.10 Å². The molecule has 1 aliphatic heterocycles. The number of amides is 2. The molecular weight excluding hydrogens is 212 g/mol. The lowest BCUT2D eigenvalue weighted by atomic mass is 10.1. The molecule has 1 aliphatic rings. The minimum Gasteiger partial charge on any atom is -0.451 e. The van der Waals surface area contributed by atoms with Crippen molar-refractivity contribution in [3.63, 3.8) is 0 Å². The average Bonchev–Trinajstić information content (AvgIpc) is 2.80. The fraction of sp³-hybridized carbons (Fsp3) is 0.333. The number of carbonyl (C=O) groups is 2. The van der Waals surface area contributed by atoms with Crippen LogP contribution in [0.1, 0.15) is 18.5 Å². The summed E-state index contributed by atoms with van der Waals surface area (Å²) in [4.78, 5) is 26.2. The van der Waals surface area contributed by atoms with E-state index in [-0.39, 0.29) is 24.8 Å². The molecule has 0 fully saturated rings. The molecule has 1 aromatic heterocycles. The molecule has 7 nitrogen and oxygen atoms in total. The van der Waals surface area contributed by atoms with Gasteiger partial charge in [-0.2, -0.15) is 5.10 Å². The molecule has 0 spiro atoms. The van der Waals surface area contributed by atoms with E-state index in [2.05, 4.69) is 20.8 Å². The molecule has 16 heavy (non-hydrogen) atoms. The Kier molecular flexibility index (Phi) is 2.95. The Morgan fingerprint density at radius 3 is 3.06 bits per heavy atom. The second-order valence-corrected chi connectivity index (χ2v) is 3.26. The summed E-state index contributed by atoms with van der Waals surface area (Å²) in [6, 6.07) is 0. The van der Waals surface area contributed by atoms with Crippen molar-refractivity contribution in [2.45, 2.75) is 19.4 Å². The predicted molar refractivity (Wildman–Crippen MR) is 53.2 cm³/mol. The standard InChI is InChI=1S/C9H10N4O3/c14-8-2-1-7(12-13-8)9(15)10-3-6-4-16-5-11-6/h4-5H,1-3H2,(H,10,15)(H,13,14). The first kappa shape index (κ1) is 10.3. The van der Waals surface area contributed by atoms with Crippen molar-refractivity contribution >= 4 is 17.5 Å². The highest BCUT2D eigenvalue weighted by Crippen LogP contribution is 2.00. The van der Waals surface area contributed by atoms with Gasteiger partial charge in [0.05, 0.1) is 12.2 Å². The third-order valence-corrected chi connectivity index (χ3v) is 2.08. The number of nitrogens with one attached hydrogen (secondary N) is 2. The van der Waals surface area contributed by atoms with Crippen LogP contribution in [0.15, 0.2) is 22.2 Å². The van der Waals surface area contributed by atoms with Gasteiger partial charge in [0.25, 0.3) is 5.91 Å². The lowest BCUT2D eigenvalue weighted by Crippen LogP contribution is -2.36. The number of hydrogen-bond donors (Lipinski definition) is 2. The highest BCUT2D eigenvalue weighted by atomic mass is 16.3. The van der Waals surface area contributed by atoms with Gasteiger partial charge in [0, 0.05) is 12.8 Å². The number of carbonyl (C=O) groups excluding carboxylic acids is 2. The second kappa shape index (κ2) is 4.56. The zero-order valence-electron chi connectivity index (χ0n) is 8.40. The fourth-order valence-electron chi connectivity index (χ4n) is 1.24. The molecule has 0 unspecified atom stereocenters. The first-order valence-electron chi connectivity index (χ1n) is 4.76. The Morgan fingerprint density at radius 2 is 2.44 bits per heavy atom. The summed E-state index contributed by atoms with van der Waals surface area (Å²) in [5.74, 6) is -0.476. The molecule has 0 aromatic carbocycles. The van der Waals surface area contributed by atoms with Crippen LogP contribution in [0.5, 0.6) is 0 Å². The lowest BCUT2D eigenvalue weighted by molar-refractivity contribution is -0.121. The van der Waals surface area contributed by atoms with Crippen LogP contribution < -0.4 is 10.7 Å². The van der Waals surface area contributed by atoms with Gasteiger partial charge in [0.2, 0.25) is 5.91 Å². The van der Waals surface area contributed by atoms with Crippen molar-refractivity contribution in [1.29, 1.82) is 0 Å². The largest absolute Gasteiger partial charge is 0.451 e. The van der Waals surface area contributed by atoms with Gasteiger partial charge in [-0.15, -0.1) is 0 Å². The summed E-state index contributed by atoms with van der Waals surface area (Å²) in [7, 11) is 0. The van der Waals surface area contributed by atoms with Crippen molar-refractivity contribution in [2.75, 3.05) is 0 Å². The summed E-state index contributed by atoms with van der Waals surface area (Å²) >= 11 is 0. The first-order chi connectivity index (χ1) is 7.75. The van der Waals surface area contributed by atoms with Crippen molar-refractivity contribution in [3.8, 4) is 0 Å². The molecule has 2 amide bonds. The average molecular weight is 222 g/mol. The van der Waals surface area contributed by atoms with Gasteiger partial charge in [0.15, 0.2) is 6.39 Å². The Labute approximate surface area is 90.9 Å². The van der Waals surface area contributed by atoms with Crippen LogP contribution in [0.25, 0.3) is 0 Å². The van der Waals surface area contributed by atoms with Crippen LogP contribution in [-0.2, 0) is 16.1 Å². The molecule has 2 rings (SSSR count). The van der Waals surface area contributed by atoms with Crippen molar-refractivity contribution < 1.29 is 14.0 Å². The van der Waals surface area contributed by atoms with Gasteiger partial charge in [0.1, 0.15) is 12.0 Å². The normalized spacial score (nSPS) is 15.2. The summed E-state index contributed by atoms with van der Waals surface area (Å²) < 4.78 is 4.76. The molecule has 2 N–H and O–H groups in total. The summed E-state index contributed by atoms with van der Waals surface area (Å²) in [5.41, 5.74) is 3.22. The van der Waals surface area contributed by atoms with Crippen molar-refractivity contribution in [1.82, 2.24) is 15.7 Å². The summed E-state index contributed by atoms with van der Waals surface area (Å²) in [5, 5.41) is 6.30. The van der Waals surface area contributed by atoms with Crippen molar-refractivity contribution in [3.05, 3.63) is 18.4 Å². The molecule has 7 heteroatoms. The number of nitrogens with zero attached hydrogens (tertiary/aromatic N) is 2. The van der Waals surface area contributed by atoms with E-state index in [1.807, 2.05) is 0 Å². The topological polar surface area (TPSA) is 96.6 Å². The Bertz CT molecular complexity index is 424. The summed E-state index contributed by atoms with van der Waals surface area (Å²) in [6.07, 6.45) is 3.39. The molecule has 0 bridgehead atoms. The van der Waals surface area contributed by atoms with Gasteiger partial charge >= 0.3 is 0 Å². The molecule has 2 heterocycles. The van der Waals surface area contributed by atoms with E-state index in [0.717, 1.165) is 0 Å². The summed E-state index contributed by atoms with van der Waals surface area (Å²) in [6.45, 7) is 0.280. The van der Waals surface area contributed by atoms with Gasteiger partial charge in [-0.25, -0.2) is 10.4 Å². The van der Waals surface area contributed by atoms with Gasteiger partial charge < -0.3 is 9.73 Å². The SMILES string of the molecule is O=C1CCC(C(=O)NCc2cocn2)=NN1. The van der Waals surface area contributed by atoms with Gasteiger partial charge in [-0.05, 0) is 0 Å². The Balaban J connectivity index is 1.86. The molecule has 84 valence electrons. The third-order valence-electron chi connectivity index (χ3n) is 2.08. The van der Waals surface area contributed by atoms with E-state index in [9.17, 15) is 9.59 Å². The molecule has 0 saturated heterocycles. The predicted octanol–water partition coefficient (Wildman–Crippen LogP) is -0.443. The van der Waals surface area contributed by atoms with Crippen LogP contribution >= 0.6 is 0 Å². The number of hydrogen-bond acceptors (Lipinski definition) is 5. The second-order valence-electron chi connectivity index (χ2n) is 3.26. The Hall–Kier alpha value is -2.18. The molecule has 0 atom stereocenters. The van der Waals surface area contributed by atoms with Crippen LogP contribution in [0.2, 0.25) is 0 Å². The number of rotatable bonds is 3. The Morgan fingerprint density at radius 1 is 1.56 bits per heavy atom. The lowest BCUT2D eigenvalue weighted by Gasteiger charge is -2.11. The molecule has 0 saturated carbocycles. The highest BCUT2D eigenvalue weighted by molar-refractivity contribution is 6.39. The minimum atomic E-state index is -0.303. The van der Waals surface area contributed by atoms with Gasteiger partial charge in [-0.1, -0.05) is 0 Å². The molecule has 0 aliphatic carbocycles. The maximum absolute atomic E-state index is 11.5. The zero-order valence-corrected chi connectivity index (χ0v) is 8.40. The molecular formula is C9H10N4O3. The van der Waals surface area contributed by atoms with E-state index in [0.29, 0.717) is 17.8 Å². The maximum Gasteiger partial charge on any atom is 0.267 e. The zero-order chi connectivity index (χ0) is 11.4. The molecule has 1 aromatic rings. The minimum absolute atomic E-state index is 0.173. The van der Waals surface area contributed by atoms with E-state index in [1.165, 1.54) is 12.7 Å². The number of hydrazone groups is 1. The van der Waals surface area contributed by atoms with E-state index < -0.39 is 0 Å². The number of oxazole rings is 1. The van der Waals surface area contributed by atoms with Crippen LogP contribution in [-0.4, -0.2) is 22.5 Å². The fourth-order valence-corrected chi connectivity index (χ4v) is 1.24.